The minimum atomic E-state index is -3.16. The average Bonchev–Trinajstić information content (AvgIpc) is 2.98. The van der Waals surface area contributed by atoms with Gasteiger partial charge in [-0.2, -0.15) is 0 Å². The fraction of sp³-hybridized carbons (Fsp3) is 0.778. The molecule has 1 N–H and O–H groups in total. The first kappa shape index (κ1) is 25.2. The van der Waals surface area contributed by atoms with Crippen LogP contribution in [0.3, 0.4) is 0 Å². The predicted octanol–water partition coefficient (Wildman–Crippen LogP) is 1.90. The van der Waals surface area contributed by atoms with Crippen LogP contribution in [0.15, 0.2) is 15.6 Å². The minimum Gasteiger partial charge on any atom is -0.361 e. The monoisotopic (exact) mass is 527 g/mol. The van der Waals surface area contributed by atoms with Crippen molar-refractivity contribution in [3.05, 3.63) is 17.5 Å². The zero-order chi connectivity index (χ0) is 20.1. The Balaban J connectivity index is 0.00000392. The van der Waals surface area contributed by atoms with Gasteiger partial charge in [-0.25, -0.2) is 8.42 Å². The molecule has 0 amide bonds. The maximum absolute atomic E-state index is 12.3. The number of guanidine groups is 1. The van der Waals surface area contributed by atoms with Crippen LogP contribution in [0.4, 0.5) is 0 Å². The Bertz CT molecular complexity index is 735. The minimum absolute atomic E-state index is 0. The van der Waals surface area contributed by atoms with Gasteiger partial charge in [0, 0.05) is 45.3 Å². The Morgan fingerprint density at radius 2 is 1.93 bits per heavy atom. The third kappa shape index (κ3) is 7.18. The lowest BCUT2D eigenvalue weighted by Gasteiger charge is -2.36. The lowest BCUT2D eigenvalue weighted by molar-refractivity contribution is 0.169. The van der Waals surface area contributed by atoms with Gasteiger partial charge in [0.2, 0.25) is 0 Å². The first-order chi connectivity index (χ1) is 12.6. The van der Waals surface area contributed by atoms with E-state index in [0.29, 0.717) is 0 Å². The van der Waals surface area contributed by atoms with Gasteiger partial charge in [-0.15, -0.1) is 24.0 Å². The van der Waals surface area contributed by atoms with Gasteiger partial charge in [0.25, 0.3) is 0 Å². The van der Waals surface area contributed by atoms with Crippen LogP contribution >= 0.6 is 24.0 Å². The van der Waals surface area contributed by atoms with Crippen LogP contribution in [-0.4, -0.2) is 79.1 Å². The van der Waals surface area contributed by atoms with Crippen LogP contribution in [0, 0.1) is 6.92 Å². The molecule has 0 saturated carbocycles. The second-order valence-corrected chi connectivity index (χ2v) is 10.7. The molecule has 0 atom stereocenters. The van der Waals surface area contributed by atoms with Gasteiger partial charge >= 0.3 is 0 Å². The maximum Gasteiger partial charge on any atom is 0.194 e. The number of aryl methyl sites for hydroxylation is 1. The van der Waals surface area contributed by atoms with Crippen LogP contribution in [0.1, 0.15) is 39.1 Å². The number of piperazine rings is 1. The van der Waals surface area contributed by atoms with E-state index in [1.165, 1.54) is 0 Å². The van der Waals surface area contributed by atoms with Crippen LogP contribution in [0.2, 0.25) is 0 Å². The molecule has 1 aromatic heterocycles. The third-order valence-electron chi connectivity index (χ3n) is 4.62. The zero-order valence-corrected chi connectivity index (χ0v) is 20.7. The molecular formula is C18H34IN5O3S. The van der Waals surface area contributed by atoms with E-state index in [9.17, 15) is 8.42 Å². The highest BCUT2D eigenvalue weighted by molar-refractivity contribution is 14.0. The van der Waals surface area contributed by atoms with E-state index in [1.807, 2.05) is 19.9 Å². The molecule has 8 nitrogen and oxygen atoms in total. The molecule has 1 aliphatic rings. The molecule has 1 saturated heterocycles. The van der Waals surface area contributed by atoms with Crippen LogP contribution in [0.25, 0.3) is 0 Å². The summed E-state index contributed by atoms with van der Waals surface area (Å²) in [6, 6.07) is 1.97. The van der Waals surface area contributed by atoms with E-state index >= 15 is 0 Å². The lowest BCUT2D eigenvalue weighted by Crippen LogP contribution is -2.52. The molecule has 1 fully saturated rings. The number of nitrogens with one attached hydrogen (secondary N) is 1. The van der Waals surface area contributed by atoms with Crippen molar-refractivity contribution in [1.82, 2.24) is 20.3 Å². The highest BCUT2D eigenvalue weighted by Gasteiger charge is 2.28. The summed E-state index contributed by atoms with van der Waals surface area (Å²) < 4.78 is 28.9. The van der Waals surface area contributed by atoms with Crippen LogP contribution < -0.4 is 5.32 Å². The summed E-state index contributed by atoms with van der Waals surface area (Å²) in [4.78, 5) is 9.08. The zero-order valence-electron chi connectivity index (χ0n) is 17.6. The maximum atomic E-state index is 12.3. The van der Waals surface area contributed by atoms with Crippen molar-refractivity contribution in [3.63, 3.8) is 0 Å². The Hall–Kier alpha value is -0.880. The van der Waals surface area contributed by atoms with Gasteiger partial charge in [-0.05, 0) is 34.6 Å². The summed E-state index contributed by atoms with van der Waals surface area (Å²) in [7, 11) is -3.16. The van der Waals surface area contributed by atoms with Crippen molar-refractivity contribution in [2.75, 3.05) is 45.0 Å². The number of aromatic nitrogens is 1. The summed E-state index contributed by atoms with van der Waals surface area (Å²) in [5, 5.41) is 7.33. The normalized spacial score (nSPS) is 16.8. The van der Waals surface area contributed by atoms with Gasteiger partial charge in [-0.1, -0.05) is 5.16 Å². The number of nitrogens with zero attached hydrogens (tertiary/aromatic N) is 4. The topological polar surface area (TPSA) is 91.0 Å². The molecule has 0 bridgehead atoms. The molecule has 162 valence electrons. The van der Waals surface area contributed by atoms with Crippen molar-refractivity contribution in [2.45, 2.75) is 45.9 Å². The second-order valence-electron chi connectivity index (χ2n) is 7.86. The van der Waals surface area contributed by atoms with E-state index in [-0.39, 0.29) is 36.3 Å². The molecular weight excluding hydrogens is 493 g/mol. The Morgan fingerprint density at radius 1 is 1.29 bits per heavy atom. The molecule has 10 heteroatoms. The summed E-state index contributed by atoms with van der Waals surface area (Å²) in [5.74, 6) is 1.69. The highest BCUT2D eigenvalue weighted by atomic mass is 127. The fourth-order valence-corrected chi connectivity index (χ4v) is 3.79. The molecule has 0 spiro atoms. The van der Waals surface area contributed by atoms with Gasteiger partial charge in [0.1, 0.15) is 5.76 Å². The van der Waals surface area contributed by atoms with E-state index < -0.39 is 14.6 Å². The van der Waals surface area contributed by atoms with Gasteiger partial charge in [0.15, 0.2) is 15.8 Å². The smallest absolute Gasteiger partial charge is 0.194 e. The van der Waals surface area contributed by atoms with E-state index in [0.717, 1.165) is 56.7 Å². The van der Waals surface area contributed by atoms with E-state index in [4.69, 9.17) is 4.52 Å². The molecule has 0 radical (unpaired) electrons. The number of rotatable bonds is 6. The summed E-state index contributed by atoms with van der Waals surface area (Å²) in [6.45, 7) is 14.4. The summed E-state index contributed by atoms with van der Waals surface area (Å²) in [5.41, 5.74) is 0.953. The predicted molar refractivity (Wildman–Crippen MR) is 123 cm³/mol. The highest BCUT2D eigenvalue weighted by Crippen LogP contribution is 2.15. The number of hydrogen-bond acceptors (Lipinski definition) is 6. The van der Waals surface area contributed by atoms with Crippen LogP contribution in [-0.2, 0) is 16.4 Å². The summed E-state index contributed by atoms with van der Waals surface area (Å²) in [6.07, 6.45) is 0. The summed E-state index contributed by atoms with van der Waals surface area (Å²) >= 11 is 0. The van der Waals surface area contributed by atoms with E-state index in [1.54, 1.807) is 20.8 Å². The molecule has 28 heavy (non-hydrogen) atoms. The molecule has 0 aromatic carbocycles. The number of hydrogen-bond donors (Lipinski definition) is 1. The van der Waals surface area contributed by atoms with Crippen LogP contribution in [0.5, 0.6) is 0 Å². The van der Waals surface area contributed by atoms with Gasteiger partial charge in [-0.3, -0.25) is 9.89 Å². The standard InChI is InChI=1S/C18H33N5O3S.HI/c1-6-19-17(20-7-12-27(24,25)18(3,4)5)23-10-8-22(9-11-23)14-16-13-15(2)26-21-16;/h13H,6-12,14H2,1-5H3,(H,19,20);1H. The van der Waals surface area contributed by atoms with Gasteiger partial charge in [0.05, 0.1) is 22.7 Å². The van der Waals surface area contributed by atoms with Gasteiger partial charge < -0.3 is 14.7 Å². The molecule has 0 unspecified atom stereocenters. The first-order valence-electron chi connectivity index (χ1n) is 9.52. The Labute approximate surface area is 186 Å². The Morgan fingerprint density at radius 3 is 2.43 bits per heavy atom. The average molecular weight is 527 g/mol. The number of aliphatic imine (C=N–C) groups is 1. The quantitative estimate of drug-likeness (QED) is 0.343. The van der Waals surface area contributed by atoms with Crippen molar-refractivity contribution in [2.24, 2.45) is 4.99 Å². The second kappa shape index (κ2) is 10.8. The molecule has 2 rings (SSSR count). The molecule has 2 heterocycles. The van der Waals surface area contributed by atoms with Crippen molar-refractivity contribution < 1.29 is 12.9 Å². The third-order valence-corrected chi connectivity index (χ3v) is 7.21. The first-order valence-corrected chi connectivity index (χ1v) is 11.2. The SMILES string of the molecule is CCNC(=NCCS(=O)(=O)C(C)(C)C)N1CCN(Cc2cc(C)on2)CC1.I. The van der Waals surface area contributed by atoms with E-state index in [2.05, 4.69) is 25.3 Å². The molecule has 1 aromatic rings. The number of halogens is 1. The largest absolute Gasteiger partial charge is 0.361 e. The van der Waals surface area contributed by atoms with Crippen molar-refractivity contribution in [3.8, 4) is 0 Å². The van der Waals surface area contributed by atoms with Crippen molar-refractivity contribution >= 4 is 39.8 Å². The number of sulfone groups is 1. The molecule has 1 aliphatic heterocycles. The fourth-order valence-electron chi connectivity index (χ4n) is 2.84. The van der Waals surface area contributed by atoms with Crippen molar-refractivity contribution in [1.29, 1.82) is 0 Å². The Kier molecular flexibility index (Phi) is 9.68. The lowest BCUT2D eigenvalue weighted by atomic mass is 10.3. The molecule has 0 aliphatic carbocycles.